The van der Waals surface area contributed by atoms with Crippen molar-refractivity contribution in [2.75, 3.05) is 32.8 Å². The average molecular weight is 533 g/mol. The fourth-order valence-corrected chi connectivity index (χ4v) is 6.38. The molecule has 0 saturated carbocycles. The SMILES string of the molecule is O=C([C@@H]1[C@H]2C=C[C@]3(CN([C@@H](c4ccccc4)c4nnnn4-c4ccc(Cl)cc4)C(=O)[C@@H]13)O2)N1CCOCC1. The van der Waals surface area contributed by atoms with Gasteiger partial charge in [-0.25, -0.2) is 0 Å². The molecule has 4 aliphatic heterocycles. The van der Waals surface area contributed by atoms with Gasteiger partial charge in [-0.2, -0.15) is 4.68 Å². The molecule has 5 atom stereocenters. The zero-order valence-corrected chi connectivity index (χ0v) is 21.1. The number of hydrogen-bond donors (Lipinski definition) is 0. The first-order chi connectivity index (χ1) is 18.6. The number of fused-ring (bicyclic) bond motifs is 1. The highest BCUT2D eigenvalue weighted by Gasteiger charge is 2.68. The Morgan fingerprint density at radius 3 is 2.61 bits per heavy atom. The van der Waals surface area contributed by atoms with E-state index in [1.807, 2.05) is 54.6 Å². The number of morpholine rings is 1. The van der Waals surface area contributed by atoms with Crippen molar-refractivity contribution in [1.82, 2.24) is 30.0 Å². The van der Waals surface area contributed by atoms with Crippen molar-refractivity contribution in [2.24, 2.45) is 11.8 Å². The number of aromatic nitrogens is 4. The van der Waals surface area contributed by atoms with Crippen LogP contribution in [0.5, 0.6) is 0 Å². The van der Waals surface area contributed by atoms with E-state index in [-0.39, 0.29) is 11.8 Å². The van der Waals surface area contributed by atoms with E-state index in [1.165, 1.54) is 0 Å². The van der Waals surface area contributed by atoms with Gasteiger partial charge in [-0.15, -0.1) is 5.10 Å². The van der Waals surface area contributed by atoms with Gasteiger partial charge in [0, 0.05) is 18.1 Å². The van der Waals surface area contributed by atoms with Crippen LogP contribution in [0.15, 0.2) is 66.7 Å². The molecule has 4 aliphatic rings. The van der Waals surface area contributed by atoms with E-state index in [0.29, 0.717) is 43.7 Å². The van der Waals surface area contributed by atoms with Crippen molar-refractivity contribution < 1.29 is 19.1 Å². The van der Waals surface area contributed by atoms with Crippen molar-refractivity contribution in [2.45, 2.75) is 17.7 Å². The summed E-state index contributed by atoms with van der Waals surface area (Å²) in [5, 5.41) is 13.2. The van der Waals surface area contributed by atoms with E-state index < -0.39 is 29.6 Å². The van der Waals surface area contributed by atoms with Gasteiger partial charge in [-0.1, -0.05) is 54.1 Å². The summed E-state index contributed by atoms with van der Waals surface area (Å²) >= 11 is 6.11. The molecule has 2 amide bonds. The maximum atomic E-state index is 14.3. The Bertz CT molecular complexity index is 1410. The Morgan fingerprint density at radius 1 is 1.08 bits per heavy atom. The minimum Gasteiger partial charge on any atom is -0.378 e. The molecule has 1 aromatic heterocycles. The van der Waals surface area contributed by atoms with Gasteiger partial charge < -0.3 is 19.3 Å². The molecule has 0 radical (unpaired) electrons. The van der Waals surface area contributed by atoms with Gasteiger partial charge in [0.25, 0.3) is 0 Å². The molecular formula is C27H25ClN6O4. The van der Waals surface area contributed by atoms with Crippen LogP contribution in [0.2, 0.25) is 5.02 Å². The summed E-state index contributed by atoms with van der Waals surface area (Å²) in [7, 11) is 0. The lowest BCUT2D eigenvalue weighted by Crippen LogP contribution is -2.49. The first-order valence-corrected chi connectivity index (χ1v) is 13.1. The van der Waals surface area contributed by atoms with Crippen LogP contribution in [0.3, 0.4) is 0 Å². The molecular weight excluding hydrogens is 508 g/mol. The molecule has 194 valence electrons. The van der Waals surface area contributed by atoms with Crippen molar-refractivity contribution >= 4 is 23.4 Å². The fourth-order valence-electron chi connectivity index (χ4n) is 6.26. The second-order valence-corrected chi connectivity index (χ2v) is 10.5. The highest BCUT2D eigenvalue weighted by Crippen LogP contribution is 2.54. The van der Waals surface area contributed by atoms with Crippen LogP contribution in [0.25, 0.3) is 5.69 Å². The van der Waals surface area contributed by atoms with E-state index in [4.69, 9.17) is 21.1 Å². The minimum atomic E-state index is -0.861. The molecule has 0 N–H and O–H groups in total. The van der Waals surface area contributed by atoms with E-state index >= 15 is 0 Å². The molecule has 1 spiro atoms. The number of carbonyl (C=O) groups excluding carboxylic acids is 2. The molecule has 2 aromatic carbocycles. The Kier molecular flexibility index (Phi) is 5.57. The average Bonchev–Trinajstić information content (AvgIpc) is 3.72. The van der Waals surface area contributed by atoms with Crippen LogP contribution in [0, 0.1) is 11.8 Å². The molecule has 2 bridgehead atoms. The summed E-state index contributed by atoms with van der Waals surface area (Å²) in [4.78, 5) is 31.5. The van der Waals surface area contributed by atoms with Gasteiger partial charge in [-0.05, 0) is 40.3 Å². The highest BCUT2D eigenvalue weighted by atomic mass is 35.5. The van der Waals surface area contributed by atoms with E-state index in [2.05, 4.69) is 15.5 Å². The smallest absolute Gasteiger partial charge is 0.230 e. The number of nitrogens with zero attached hydrogens (tertiary/aromatic N) is 6. The van der Waals surface area contributed by atoms with Crippen LogP contribution in [0.1, 0.15) is 17.4 Å². The highest BCUT2D eigenvalue weighted by molar-refractivity contribution is 6.30. The largest absolute Gasteiger partial charge is 0.378 e. The lowest BCUT2D eigenvalue weighted by atomic mass is 9.76. The molecule has 3 saturated heterocycles. The van der Waals surface area contributed by atoms with Crippen molar-refractivity contribution in [3.8, 4) is 5.69 Å². The normalized spacial score (nSPS) is 28.7. The number of benzene rings is 2. The number of halogens is 1. The maximum absolute atomic E-state index is 14.3. The Morgan fingerprint density at radius 2 is 1.84 bits per heavy atom. The molecule has 3 aromatic rings. The number of hydrogen-bond acceptors (Lipinski definition) is 7. The first-order valence-electron chi connectivity index (χ1n) is 12.7. The lowest BCUT2D eigenvalue weighted by molar-refractivity contribution is -0.146. The van der Waals surface area contributed by atoms with Gasteiger partial charge >= 0.3 is 0 Å². The van der Waals surface area contributed by atoms with Crippen molar-refractivity contribution in [3.63, 3.8) is 0 Å². The minimum absolute atomic E-state index is 0.0491. The second kappa shape index (κ2) is 9.00. The lowest BCUT2D eigenvalue weighted by Gasteiger charge is -2.33. The van der Waals surface area contributed by atoms with Gasteiger partial charge in [0.05, 0.1) is 43.4 Å². The van der Waals surface area contributed by atoms with Crippen LogP contribution in [-0.4, -0.2) is 86.4 Å². The number of rotatable bonds is 5. The number of amides is 2. The molecule has 5 heterocycles. The molecule has 0 aliphatic carbocycles. The molecule has 10 nitrogen and oxygen atoms in total. The van der Waals surface area contributed by atoms with Crippen LogP contribution in [-0.2, 0) is 19.1 Å². The predicted octanol–water partition coefficient (Wildman–Crippen LogP) is 2.05. The molecule has 11 heteroatoms. The molecule has 7 rings (SSSR count). The Hall–Kier alpha value is -3.60. The van der Waals surface area contributed by atoms with E-state index in [1.54, 1.807) is 26.6 Å². The summed E-state index contributed by atoms with van der Waals surface area (Å²) in [5.74, 6) is -0.883. The van der Waals surface area contributed by atoms with E-state index in [9.17, 15) is 9.59 Å². The van der Waals surface area contributed by atoms with Crippen LogP contribution < -0.4 is 0 Å². The third-order valence-corrected chi connectivity index (χ3v) is 8.23. The monoisotopic (exact) mass is 532 g/mol. The summed E-state index contributed by atoms with van der Waals surface area (Å²) < 4.78 is 13.5. The molecule has 3 fully saturated rings. The number of ether oxygens (including phenoxy) is 2. The van der Waals surface area contributed by atoms with Gasteiger partial charge in [0.1, 0.15) is 11.6 Å². The zero-order chi connectivity index (χ0) is 25.9. The Labute approximate surface area is 223 Å². The van der Waals surface area contributed by atoms with E-state index in [0.717, 1.165) is 11.3 Å². The number of likely N-dealkylation sites (tertiary alicyclic amines) is 1. The van der Waals surface area contributed by atoms with Gasteiger partial charge in [0.15, 0.2) is 5.82 Å². The number of tetrazole rings is 1. The van der Waals surface area contributed by atoms with Gasteiger partial charge in [-0.3, -0.25) is 9.59 Å². The summed E-state index contributed by atoms with van der Waals surface area (Å²) in [6, 6.07) is 16.3. The molecule has 38 heavy (non-hydrogen) atoms. The predicted molar refractivity (Wildman–Crippen MR) is 135 cm³/mol. The third-order valence-electron chi connectivity index (χ3n) is 7.97. The van der Waals surface area contributed by atoms with Crippen molar-refractivity contribution in [3.05, 3.63) is 83.2 Å². The topological polar surface area (TPSA) is 103 Å². The van der Waals surface area contributed by atoms with Crippen LogP contribution >= 0.6 is 11.6 Å². The standard InChI is InChI=1S/C27H25ClN6O4/c28-18-6-8-19(9-7-18)34-24(29-30-31-34)23(17-4-2-1-3-5-17)33-16-27-11-10-20(38-27)21(22(27)26(33)36)25(35)32-12-14-37-15-13-32/h1-11,20-23H,12-16H2/t20-,21-,22-,23+,27-/m1/s1. The summed E-state index contributed by atoms with van der Waals surface area (Å²) in [6.45, 7) is 2.33. The zero-order valence-electron chi connectivity index (χ0n) is 20.4. The maximum Gasteiger partial charge on any atom is 0.230 e. The first kappa shape index (κ1) is 23.5. The summed E-state index contributed by atoms with van der Waals surface area (Å²) in [6.07, 6.45) is 3.50. The third kappa shape index (κ3) is 3.58. The van der Waals surface area contributed by atoms with Gasteiger partial charge in [0.2, 0.25) is 11.8 Å². The Balaban J connectivity index is 1.28. The molecule has 0 unspecified atom stereocenters. The second-order valence-electron chi connectivity index (χ2n) is 10.0. The van der Waals surface area contributed by atoms with Crippen LogP contribution in [0.4, 0.5) is 0 Å². The summed E-state index contributed by atoms with van der Waals surface area (Å²) in [5.41, 5.74) is 0.717. The number of carbonyl (C=O) groups is 2. The quantitative estimate of drug-likeness (QED) is 0.463. The van der Waals surface area contributed by atoms with Crippen molar-refractivity contribution in [1.29, 1.82) is 0 Å². The fraction of sp³-hybridized carbons (Fsp3) is 0.370.